The summed E-state index contributed by atoms with van der Waals surface area (Å²) in [7, 11) is -3.30. The Balaban J connectivity index is 2.54. The van der Waals surface area contributed by atoms with E-state index in [2.05, 4.69) is 27.6 Å². The van der Waals surface area contributed by atoms with Crippen LogP contribution in [-0.4, -0.2) is 11.3 Å². The molecule has 0 saturated carbocycles. The molecule has 1 aromatic carbocycles. The Morgan fingerprint density at radius 1 is 1.60 bits per heavy atom. The molecule has 7 nitrogen and oxygen atoms in total. The molecule has 11 heteroatoms. The van der Waals surface area contributed by atoms with Gasteiger partial charge in [-0.2, -0.15) is 5.26 Å². The van der Waals surface area contributed by atoms with E-state index in [1.807, 2.05) is 5.40 Å². The summed E-state index contributed by atoms with van der Waals surface area (Å²) < 4.78 is 18.4. The first-order chi connectivity index (χ1) is 9.31. The van der Waals surface area contributed by atoms with Crippen LogP contribution >= 0.6 is 53.1 Å². The molecule has 2 aromatic rings. The number of nitriles is 1. The summed E-state index contributed by atoms with van der Waals surface area (Å²) in [6.45, 7) is 0. The van der Waals surface area contributed by atoms with E-state index in [0.717, 1.165) is 20.0 Å². The van der Waals surface area contributed by atoms with Gasteiger partial charge in [-0.15, -0.1) is 0 Å². The summed E-state index contributed by atoms with van der Waals surface area (Å²) in [5.74, 6) is 0.363. The average molecular weight is 441 g/mol. The number of hydrogen-bond acceptors (Lipinski definition) is 7. The van der Waals surface area contributed by atoms with E-state index in [4.69, 9.17) is 26.7 Å². The van der Waals surface area contributed by atoms with Crippen molar-refractivity contribution in [2.45, 2.75) is 4.90 Å². The van der Waals surface area contributed by atoms with Gasteiger partial charge in [-0.05, 0) is 40.4 Å². The Labute approximate surface area is 136 Å². The van der Waals surface area contributed by atoms with Crippen molar-refractivity contribution in [1.29, 1.82) is 5.26 Å². The number of rotatable bonds is 4. The third kappa shape index (κ3) is 3.55. The Bertz CT molecular complexity index is 753. The number of ether oxygens (including phenoxy) is 1. The van der Waals surface area contributed by atoms with Crippen LogP contribution in [0.4, 0.5) is 5.13 Å². The van der Waals surface area contributed by atoms with Gasteiger partial charge in [0.25, 0.3) is 0 Å². The molecule has 0 aliphatic carbocycles. The molecule has 0 unspecified atom stereocenters. The van der Waals surface area contributed by atoms with Gasteiger partial charge in [-0.25, -0.2) is 4.98 Å². The zero-order chi connectivity index (χ0) is 14.9. The Morgan fingerprint density at radius 2 is 2.30 bits per heavy atom. The number of nitrogens with two attached hydrogens (primary N) is 3. The summed E-state index contributed by atoms with van der Waals surface area (Å²) in [5, 5.41) is 11.2. The van der Waals surface area contributed by atoms with Gasteiger partial charge in [-0.3, -0.25) is 15.6 Å². The SMILES string of the molecule is N#CSc1cc(OCP(N)(N)=O)c2nc(N)sc2c1I. The molecular weight excluding hydrogens is 432 g/mol. The lowest BCUT2D eigenvalue weighted by Gasteiger charge is -2.11. The maximum Gasteiger partial charge on any atom is 0.242 e. The van der Waals surface area contributed by atoms with E-state index < -0.39 is 7.44 Å². The fourth-order valence-corrected chi connectivity index (χ4v) is 4.14. The monoisotopic (exact) mass is 441 g/mol. The van der Waals surface area contributed by atoms with Gasteiger partial charge in [-0.1, -0.05) is 11.3 Å². The maximum atomic E-state index is 11.3. The van der Waals surface area contributed by atoms with Crippen molar-refractivity contribution in [3.8, 4) is 11.2 Å². The lowest BCUT2D eigenvalue weighted by atomic mass is 10.3. The van der Waals surface area contributed by atoms with Crippen LogP contribution in [-0.2, 0) is 4.57 Å². The Kier molecular flexibility index (Phi) is 4.78. The molecule has 106 valence electrons. The van der Waals surface area contributed by atoms with E-state index in [9.17, 15) is 4.57 Å². The second kappa shape index (κ2) is 6.05. The van der Waals surface area contributed by atoms with Crippen LogP contribution in [0.25, 0.3) is 10.2 Å². The van der Waals surface area contributed by atoms with Gasteiger partial charge in [0.05, 0.1) is 4.70 Å². The number of thiazole rings is 1. The zero-order valence-corrected chi connectivity index (χ0v) is 14.6. The van der Waals surface area contributed by atoms with Crippen LogP contribution in [0.3, 0.4) is 0 Å². The standard InChI is InChI=1S/C9H9IN5O2PS2/c10-6-5(19-2-11)1-4(17-3-18(13,14)16)7-8(6)20-9(12)15-7/h1H,3H2,(H2,12,15)(H4,13,14,16). The summed E-state index contributed by atoms with van der Waals surface area (Å²) in [5.41, 5.74) is 16.8. The van der Waals surface area contributed by atoms with Gasteiger partial charge < -0.3 is 10.5 Å². The molecule has 0 aliphatic heterocycles. The van der Waals surface area contributed by atoms with E-state index in [-0.39, 0.29) is 6.35 Å². The fourth-order valence-electron chi connectivity index (χ4n) is 1.42. The number of anilines is 1. The third-order valence-electron chi connectivity index (χ3n) is 2.13. The molecule has 0 bridgehead atoms. The van der Waals surface area contributed by atoms with E-state index in [1.54, 1.807) is 6.07 Å². The molecule has 0 radical (unpaired) electrons. The van der Waals surface area contributed by atoms with Crippen LogP contribution in [0.15, 0.2) is 11.0 Å². The molecule has 20 heavy (non-hydrogen) atoms. The van der Waals surface area contributed by atoms with Crippen LogP contribution in [0.1, 0.15) is 0 Å². The van der Waals surface area contributed by atoms with Gasteiger partial charge >= 0.3 is 0 Å². The first-order valence-corrected chi connectivity index (χ1v) is 9.79. The topological polar surface area (TPSA) is 141 Å². The average Bonchev–Trinajstić information content (AvgIpc) is 2.72. The smallest absolute Gasteiger partial charge is 0.242 e. The molecule has 0 saturated heterocycles. The maximum absolute atomic E-state index is 11.3. The summed E-state index contributed by atoms with van der Waals surface area (Å²) in [6, 6.07) is 1.65. The second-order valence-electron chi connectivity index (χ2n) is 3.74. The van der Waals surface area contributed by atoms with Crippen molar-refractivity contribution in [2.75, 3.05) is 12.1 Å². The Hall–Kier alpha value is -0.570. The molecule has 0 spiro atoms. The first kappa shape index (κ1) is 15.8. The quantitative estimate of drug-likeness (QED) is 0.285. The van der Waals surface area contributed by atoms with Crippen molar-refractivity contribution in [3.05, 3.63) is 9.64 Å². The third-order valence-corrected chi connectivity index (χ3v) is 6.05. The highest BCUT2D eigenvalue weighted by Crippen LogP contribution is 2.41. The predicted molar refractivity (Wildman–Crippen MR) is 89.7 cm³/mol. The summed E-state index contributed by atoms with van der Waals surface area (Å²) in [4.78, 5) is 4.89. The number of fused-ring (bicyclic) bond motifs is 1. The van der Waals surface area contributed by atoms with Crippen LogP contribution in [0.5, 0.6) is 5.75 Å². The van der Waals surface area contributed by atoms with E-state index >= 15 is 0 Å². The molecule has 1 heterocycles. The van der Waals surface area contributed by atoms with Crippen molar-refractivity contribution in [1.82, 2.24) is 4.98 Å². The van der Waals surface area contributed by atoms with Gasteiger partial charge in [0, 0.05) is 8.47 Å². The molecule has 2 rings (SSSR count). The molecule has 6 N–H and O–H groups in total. The minimum absolute atomic E-state index is 0.309. The molecule has 0 amide bonds. The summed E-state index contributed by atoms with van der Waals surface area (Å²) in [6.07, 6.45) is -0.309. The lowest BCUT2D eigenvalue weighted by Crippen LogP contribution is -2.13. The summed E-state index contributed by atoms with van der Waals surface area (Å²) >= 11 is 4.41. The second-order valence-corrected chi connectivity index (χ2v) is 8.64. The molecular formula is C9H9IN5O2PS2. The number of nitrogens with zero attached hydrogens (tertiary/aromatic N) is 2. The number of benzene rings is 1. The highest BCUT2D eigenvalue weighted by molar-refractivity contribution is 14.1. The lowest BCUT2D eigenvalue weighted by molar-refractivity contribution is 0.378. The normalized spacial score (nSPS) is 11.5. The van der Waals surface area contributed by atoms with E-state index in [1.165, 1.54) is 11.3 Å². The predicted octanol–water partition coefficient (Wildman–Crippen LogP) is 2.50. The minimum Gasteiger partial charge on any atom is -0.481 e. The number of halogens is 1. The number of thioether (sulfide) groups is 1. The van der Waals surface area contributed by atoms with Crippen LogP contribution in [0.2, 0.25) is 0 Å². The largest absolute Gasteiger partial charge is 0.481 e. The minimum atomic E-state index is -3.30. The van der Waals surface area contributed by atoms with Crippen molar-refractivity contribution in [3.63, 3.8) is 0 Å². The molecule has 0 aliphatic rings. The molecule has 0 fully saturated rings. The van der Waals surface area contributed by atoms with Crippen molar-refractivity contribution < 1.29 is 9.30 Å². The molecule has 1 aromatic heterocycles. The number of hydrogen-bond donors (Lipinski definition) is 3. The number of nitrogen functional groups attached to an aromatic ring is 1. The van der Waals surface area contributed by atoms with Gasteiger partial charge in [0.2, 0.25) is 7.44 Å². The number of aromatic nitrogens is 1. The molecule has 0 atom stereocenters. The zero-order valence-electron chi connectivity index (χ0n) is 9.87. The highest BCUT2D eigenvalue weighted by Gasteiger charge is 2.18. The first-order valence-electron chi connectivity index (χ1n) is 5.05. The van der Waals surface area contributed by atoms with Crippen molar-refractivity contribution >= 4 is 68.5 Å². The van der Waals surface area contributed by atoms with Crippen LogP contribution in [0, 0.1) is 14.2 Å². The highest BCUT2D eigenvalue weighted by atomic mass is 127. The fraction of sp³-hybridized carbons (Fsp3) is 0.111. The van der Waals surface area contributed by atoms with Crippen LogP contribution < -0.4 is 21.5 Å². The number of thiocyanates is 1. The van der Waals surface area contributed by atoms with E-state index in [0.29, 0.717) is 21.3 Å². The van der Waals surface area contributed by atoms with Gasteiger partial charge in [0.15, 0.2) is 11.5 Å². The Morgan fingerprint density at radius 3 is 2.90 bits per heavy atom. The van der Waals surface area contributed by atoms with Gasteiger partial charge in [0.1, 0.15) is 16.7 Å². The van der Waals surface area contributed by atoms with Crippen molar-refractivity contribution in [2.24, 2.45) is 11.0 Å².